The summed E-state index contributed by atoms with van der Waals surface area (Å²) in [7, 11) is -3.88. The smallest absolute Gasteiger partial charge is 0.338 e. The largest absolute Gasteiger partial charge is 0.457 e. The highest BCUT2D eigenvalue weighted by Crippen LogP contribution is 2.36. The highest BCUT2D eigenvalue weighted by Gasteiger charge is 2.36. The number of carbonyl (C=O) groups excluding carboxylic acids is 1. The molecular formula is C23H20N2O6S. The Morgan fingerprint density at radius 2 is 1.81 bits per heavy atom. The van der Waals surface area contributed by atoms with Gasteiger partial charge in [-0.2, -0.15) is 0 Å². The predicted octanol–water partition coefficient (Wildman–Crippen LogP) is 4.09. The van der Waals surface area contributed by atoms with Gasteiger partial charge in [-0.3, -0.25) is 14.4 Å². The number of esters is 1. The Hall–Kier alpha value is -3.72. The first-order valence-electron chi connectivity index (χ1n) is 9.90. The van der Waals surface area contributed by atoms with Crippen molar-refractivity contribution in [1.82, 2.24) is 0 Å². The van der Waals surface area contributed by atoms with E-state index in [1.165, 1.54) is 52.8 Å². The number of hydrogen-bond donors (Lipinski definition) is 0. The van der Waals surface area contributed by atoms with Crippen molar-refractivity contribution in [1.29, 1.82) is 0 Å². The van der Waals surface area contributed by atoms with E-state index in [4.69, 9.17) is 4.74 Å². The summed E-state index contributed by atoms with van der Waals surface area (Å²) in [4.78, 5) is 22.7. The van der Waals surface area contributed by atoms with Crippen LogP contribution in [0.15, 0.2) is 77.7 Å². The van der Waals surface area contributed by atoms with Crippen LogP contribution in [0.3, 0.4) is 0 Å². The van der Waals surface area contributed by atoms with Gasteiger partial charge in [-0.15, -0.1) is 0 Å². The number of anilines is 1. The van der Waals surface area contributed by atoms with Crippen LogP contribution in [0.25, 0.3) is 0 Å². The minimum atomic E-state index is -3.88. The summed E-state index contributed by atoms with van der Waals surface area (Å²) >= 11 is 0. The Labute approximate surface area is 185 Å². The average molecular weight is 452 g/mol. The number of sulfonamides is 1. The number of fused-ring (bicyclic) bond motifs is 1. The molecule has 0 saturated carbocycles. The van der Waals surface area contributed by atoms with Crippen LogP contribution >= 0.6 is 0 Å². The molecule has 1 aliphatic heterocycles. The fraction of sp³-hybridized carbons (Fsp3) is 0.174. The Bertz CT molecular complexity index is 1290. The van der Waals surface area contributed by atoms with Crippen LogP contribution in [0.1, 0.15) is 28.4 Å². The Morgan fingerprint density at radius 3 is 2.53 bits per heavy atom. The van der Waals surface area contributed by atoms with Crippen LogP contribution in [0.4, 0.5) is 11.4 Å². The number of carbonyl (C=O) groups is 1. The topological polar surface area (TPSA) is 107 Å². The van der Waals surface area contributed by atoms with E-state index in [2.05, 4.69) is 0 Å². The minimum absolute atomic E-state index is 0.00541. The molecule has 1 heterocycles. The zero-order chi connectivity index (χ0) is 22.9. The van der Waals surface area contributed by atoms with Gasteiger partial charge in [0, 0.05) is 18.2 Å². The maximum atomic E-state index is 13.4. The van der Waals surface area contributed by atoms with Gasteiger partial charge >= 0.3 is 5.97 Å². The summed E-state index contributed by atoms with van der Waals surface area (Å²) in [5, 5.41) is 10.7. The first kappa shape index (κ1) is 21.5. The molecule has 0 unspecified atom stereocenters. The lowest BCUT2D eigenvalue weighted by Gasteiger charge is -2.24. The Morgan fingerprint density at radius 1 is 1.09 bits per heavy atom. The number of nitrogens with zero attached hydrogens (tertiary/aromatic N) is 2. The molecule has 4 rings (SSSR count). The van der Waals surface area contributed by atoms with Crippen molar-refractivity contribution >= 4 is 27.4 Å². The van der Waals surface area contributed by atoms with E-state index in [1.807, 2.05) is 19.1 Å². The van der Waals surface area contributed by atoms with Gasteiger partial charge in [0.25, 0.3) is 15.7 Å². The molecule has 0 fully saturated rings. The van der Waals surface area contributed by atoms with E-state index in [9.17, 15) is 23.3 Å². The lowest BCUT2D eigenvalue weighted by atomic mass is 10.1. The summed E-state index contributed by atoms with van der Waals surface area (Å²) in [6, 6.07) is 18.5. The van der Waals surface area contributed by atoms with Gasteiger partial charge in [-0.05, 0) is 60.9 Å². The van der Waals surface area contributed by atoms with Crippen LogP contribution in [0.2, 0.25) is 0 Å². The van der Waals surface area contributed by atoms with Crippen molar-refractivity contribution < 1.29 is 22.9 Å². The minimum Gasteiger partial charge on any atom is -0.457 e. The number of para-hydroxylation sites is 1. The maximum absolute atomic E-state index is 13.4. The molecule has 3 aromatic rings. The van der Waals surface area contributed by atoms with Crippen LogP contribution in [0.5, 0.6) is 0 Å². The molecule has 0 spiro atoms. The fourth-order valence-electron chi connectivity index (χ4n) is 3.75. The van der Waals surface area contributed by atoms with E-state index in [1.54, 1.807) is 12.1 Å². The van der Waals surface area contributed by atoms with Gasteiger partial charge in [0.05, 0.1) is 21.1 Å². The van der Waals surface area contributed by atoms with E-state index in [-0.39, 0.29) is 28.8 Å². The Balaban J connectivity index is 1.53. The van der Waals surface area contributed by atoms with Gasteiger partial charge in [-0.25, -0.2) is 13.2 Å². The molecule has 0 aromatic heterocycles. The standard InChI is InChI=1S/C23H20N2O6S/c1-16-13-18-5-2-3-8-22(18)24(16)32(29,30)21-7-4-6-19(14-21)23(26)31-15-17-9-11-20(12-10-17)25(27)28/h2-12,14,16H,13,15H2,1H3/t16-/m0/s1. The molecular weight excluding hydrogens is 432 g/mol. The average Bonchev–Trinajstić information content (AvgIpc) is 3.14. The molecule has 3 aromatic carbocycles. The number of nitro groups is 1. The van der Waals surface area contributed by atoms with E-state index in [0.29, 0.717) is 17.7 Å². The molecule has 0 amide bonds. The number of rotatable bonds is 6. The molecule has 9 heteroatoms. The summed E-state index contributed by atoms with van der Waals surface area (Å²) in [6.45, 7) is 1.75. The maximum Gasteiger partial charge on any atom is 0.338 e. The predicted molar refractivity (Wildman–Crippen MR) is 118 cm³/mol. The summed E-state index contributed by atoms with van der Waals surface area (Å²) < 4.78 is 33.4. The van der Waals surface area contributed by atoms with Gasteiger partial charge < -0.3 is 4.74 Å². The third kappa shape index (κ3) is 4.06. The van der Waals surface area contributed by atoms with Crippen molar-refractivity contribution in [3.05, 3.63) is 99.6 Å². The molecule has 1 aliphatic rings. The van der Waals surface area contributed by atoms with Gasteiger partial charge in [-0.1, -0.05) is 24.3 Å². The summed E-state index contributed by atoms with van der Waals surface area (Å²) in [5.41, 5.74) is 2.23. The summed E-state index contributed by atoms with van der Waals surface area (Å²) in [5.74, 6) is -0.685. The lowest BCUT2D eigenvalue weighted by Crippen LogP contribution is -2.35. The summed E-state index contributed by atoms with van der Waals surface area (Å²) in [6.07, 6.45) is 0.617. The molecule has 164 valence electrons. The molecule has 8 nitrogen and oxygen atoms in total. The first-order chi connectivity index (χ1) is 15.3. The van der Waals surface area contributed by atoms with Crippen molar-refractivity contribution in [3.8, 4) is 0 Å². The molecule has 0 aliphatic carbocycles. The fourth-order valence-corrected chi connectivity index (χ4v) is 5.49. The number of hydrogen-bond acceptors (Lipinski definition) is 6. The van der Waals surface area contributed by atoms with Crippen LogP contribution in [-0.2, 0) is 27.8 Å². The van der Waals surface area contributed by atoms with Gasteiger partial charge in [0.1, 0.15) is 6.61 Å². The molecule has 0 radical (unpaired) electrons. The highest BCUT2D eigenvalue weighted by molar-refractivity contribution is 7.92. The van der Waals surface area contributed by atoms with E-state index >= 15 is 0 Å². The second-order valence-corrected chi connectivity index (χ2v) is 9.33. The third-order valence-corrected chi connectivity index (χ3v) is 7.21. The molecule has 0 N–H and O–H groups in total. The first-order valence-corrected chi connectivity index (χ1v) is 11.3. The van der Waals surface area contributed by atoms with E-state index < -0.39 is 20.9 Å². The number of non-ortho nitro benzene ring substituents is 1. The third-order valence-electron chi connectivity index (χ3n) is 5.29. The molecule has 0 bridgehead atoms. The number of nitro benzene ring substituents is 1. The van der Waals surface area contributed by atoms with Crippen LogP contribution < -0.4 is 4.31 Å². The number of benzene rings is 3. The van der Waals surface area contributed by atoms with Gasteiger partial charge in [0.15, 0.2) is 0 Å². The van der Waals surface area contributed by atoms with Crippen molar-refractivity contribution in [2.75, 3.05) is 4.31 Å². The lowest BCUT2D eigenvalue weighted by molar-refractivity contribution is -0.384. The van der Waals surface area contributed by atoms with Crippen molar-refractivity contribution in [3.63, 3.8) is 0 Å². The quantitative estimate of drug-likeness (QED) is 0.317. The SMILES string of the molecule is C[C@H]1Cc2ccccc2N1S(=O)(=O)c1cccc(C(=O)OCc2ccc([N+](=O)[O-])cc2)c1. The van der Waals surface area contributed by atoms with Crippen LogP contribution in [0, 0.1) is 10.1 Å². The second-order valence-electron chi connectivity index (χ2n) is 7.51. The number of ether oxygens (including phenoxy) is 1. The normalized spacial score (nSPS) is 15.3. The van der Waals surface area contributed by atoms with E-state index in [0.717, 1.165) is 5.56 Å². The van der Waals surface area contributed by atoms with Gasteiger partial charge in [0.2, 0.25) is 0 Å². The molecule has 0 saturated heterocycles. The van der Waals surface area contributed by atoms with Crippen molar-refractivity contribution in [2.45, 2.75) is 30.9 Å². The van der Waals surface area contributed by atoms with Crippen LogP contribution in [-0.4, -0.2) is 25.4 Å². The zero-order valence-corrected chi connectivity index (χ0v) is 18.0. The Kier molecular flexibility index (Phi) is 5.67. The molecule has 1 atom stereocenters. The zero-order valence-electron chi connectivity index (χ0n) is 17.2. The molecule has 32 heavy (non-hydrogen) atoms. The highest BCUT2D eigenvalue weighted by atomic mass is 32.2. The second kappa shape index (κ2) is 8.43. The monoisotopic (exact) mass is 452 g/mol. The van der Waals surface area contributed by atoms with Crippen molar-refractivity contribution in [2.24, 2.45) is 0 Å².